The Kier molecular flexibility index (Phi) is 7.43. The zero-order chi connectivity index (χ0) is 28.3. The number of hydrogen-bond acceptors (Lipinski definition) is 5. The summed E-state index contributed by atoms with van der Waals surface area (Å²) in [6, 6.07) is 22.0. The first kappa shape index (κ1) is 26.6. The lowest BCUT2D eigenvalue weighted by atomic mass is 9.96. The van der Waals surface area contributed by atoms with Crippen molar-refractivity contribution in [1.82, 2.24) is 24.2 Å². The monoisotopic (exact) mass is 552 g/mol. The molecule has 1 aliphatic rings. The Bertz CT molecular complexity index is 1590. The highest BCUT2D eigenvalue weighted by Gasteiger charge is 2.30. The average molecular weight is 553 g/mol. The summed E-state index contributed by atoms with van der Waals surface area (Å²) < 4.78 is 29.3. The lowest BCUT2D eigenvalue weighted by Gasteiger charge is -2.40. The van der Waals surface area contributed by atoms with Crippen LogP contribution in [0.5, 0.6) is 0 Å². The summed E-state index contributed by atoms with van der Waals surface area (Å²) in [7, 11) is 0. The van der Waals surface area contributed by atoms with E-state index in [2.05, 4.69) is 15.2 Å². The smallest absolute Gasteiger partial charge is 0.244 e. The predicted molar refractivity (Wildman–Crippen MR) is 154 cm³/mol. The minimum atomic E-state index is -0.498. The quantitative estimate of drug-likeness (QED) is 0.293. The van der Waals surface area contributed by atoms with Crippen molar-refractivity contribution in [3.05, 3.63) is 120 Å². The maximum atomic E-state index is 13.7. The zero-order valence-corrected chi connectivity index (χ0v) is 22.6. The van der Waals surface area contributed by atoms with Gasteiger partial charge in [0.25, 0.3) is 0 Å². The molecule has 1 fully saturated rings. The second-order valence-electron chi connectivity index (χ2n) is 10.2. The third-order valence-corrected chi connectivity index (χ3v) is 7.56. The van der Waals surface area contributed by atoms with E-state index in [4.69, 9.17) is 4.98 Å². The molecule has 9 heteroatoms. The molecule has 2 aromatic heterocycles. The van der Waals surface area contributed by atoms with Crippen molar-refractivity contribution in [3.8, 4) is 11.3 Å². The molecule has 208 valence electrons. The maximum Gasteiger partial charge on any atom is 0.244 e. The Morgan fingerprint density at radius 2 is 1.46 bits per heavy atom. The van der Waals surface area contributed by atoms with Crippen molar-refractivity contribution in [2.24, 2.45) is 0 Å². The third kappa shape index (κ3) is 5.53. The molecule has 0 aliphatic carbocycles. The Morgan fingerprint density at radius 1 is 0.854 bits per heavy atom. The van der Waals surface area contributed by atoms with Gasteiger partial charge in [-0.1, -0.05) is 54.6 Å². The summed E-state index contributed by atoms with van der Waals surface area (Å²) in [6.07, 6.45) is 5.22. The fourth-order valence-corrected chi connectivity index (χ4v) is 5.49. The predicted octanol–water partition coefficient (Wildman–Crippen LogP) is 5.41. The number of nitrogens with zero attached hydrogens (tertiary/aromatic N) is 5. The number of imidazole rings is 1. The molecule has 0 spiro atoms. The summed E-state index contributed by atoms with van der Waals surface area (Å²) in [6.45, 7) is 4.17. The highest BCUT2D eigenvalue weighted by atomic mass is 19.1. The van der Waals surface area contributed by atoms with Crippen molar-refractivity contribution < 1.29 is 13.6 Å². The Labute approximate surface area is 237 Å². The van der Waals surface area contributed by atoms with Crippen LogP contribution in [0.3, 0.4) is 0 Å². The number of carbonyl (C=O) groups excluding carboxylic acids is 1. The van der Waals surface area contributed by atoms with E-state index in [1.165, 1.54) is 24.3 Å². The molecule has 3 heterocycles. The second kappa shape index (κ2) is 11.5. The number of nitrogens with one attached hydrogen (secondary N) is 1. The fraction of sp³-hybridized carbons (Fsp3) is 0.219. The van der Waals surface area contributed by atoms with Gasteiger partial charge in [0.2, 0.25) is 5.91 Å². The van der Waals surface area contributed by atoms with Crippen LogP contribution in [-0.4, -0.2) is 62.3 Å². The van der Waals surface area contributed by atoms with Gasteiger partial charge >= 0.3 is 0 Å². The van der Waals surface area contributed by atoms with E-state index in [1.807, 2.05) is 52.8 Å². The molecule has 1 saturated heterocycles. The summed E-state index contributed by atoms with van der Waals surface area (Å²) in [5.41, 5.74) is 4.23. The number of benzene rings is 3. The Balaban J connectivity index is 1.19. The lowest BCUT2D eigenvalue weighted by Crippen LogP contribution is -2.53. The number of anilines is 1. The van der Waals surface area contributed by atoms with Crippen molar-refractivity contribution in [2.75, 3.05) is 31.5 Å². The zero-order valence-electron chi connectivity index (χ0n) is 22.6. The van der Waals surface area contributed by atoms with Gasteiger partial charge in [-0.15, -0.1) is 0 Å². The van der Waals surface area contributed by atoms with E-state index < -0.39 is 6.04 Å². The van der Waals surface area contributed by atoms with E-state index in [9.17, 15) is 13.6 Å². The number of carbonyl (C=O) groups is 1. The molecule has 0 saturated carbocycles. The molecule has 1 N–H and O–H groups in total. The number of amides is 1. The number of fused-ring (bicyclic) bond motifs is 1. The van der Waals surface area contributed by atoms with Gasteiger partial charge in [-0.3, -0.25) is 19.1 Å². The van der Waals surface area contributed by atoms with Crippen LogP contribution in [-0.2, 0) is 4.79 Å². The molecule has 0 radical (unpaired) electrons. The number of piperazine rings is 1. The van der Waals surface area contributed by atoms with Crippen LogP contribution in [0, 0.1) is 11.6 Å². The number of hydrogen-bond donors (Lipinski definition) is 1. The Morgan fingerprint density at radius 3 is 2.07 bits per heavy atom. The van der Waals surface area contributed by atoms with Crippen LogP contribution in [0.1, 0.15) is 24.1 Å². The van der Waals surface area contributed by atoms with Crippen LogP contribution in [0.25, 0.3) is 16.9 Å². The van der Waals surface area contributed by atoms with E-state index in [1.54, 1.807) is 36.7 Å². The van der Waals surface area contributed by atoms with Crippen LogP contribution in [0.2, 0.25) is 0 Å². The molecule has 1 atom stereocenters. The molecular formula is C32H30F2N6O. The van der Waals surface area contributed by atoms with Crippen LogP contribution >= 0.6 is 0 Å². The summed E-state index contributed by atoms with van der Waals surface area (Å²) in [5, 5.41) is 3.42. The van der Waals surface area contributed by atoms with E-state index in [0.29, 0.717) is 31.8 Å². The van der Waals surface area contributed by atoms with Crippen LogP contribution in [0.4, 0.5) is 14.6 Å². The Hall–Kier alpha value is -4.63. The van der Waals surface area contributed by atoms with Crippen molar-refractivity contribution in [2.45, 2.75) is 19.0 Å². The SMILES string of the molecule is CC(Nc1c(-c2ccccc2)nc2cnccn12)C(=O)N1CCN(C(c2ccc(F)cc2)c2ccc(F)cc2)CC1. The first-order valence-corrected chi connectivity index (χ1v) is 13.7. The molecule has 3 aromatic carbocycles. The molecule has 1 unspecified atom stereocenters. The standard InChI is InChI=1S/C32H30F2N6O/c1-22(36-31-29(23-5-3-2-4-6-23)37-28-21-35-15-16-40(28)31)32(41)39-19-17-38(18-20-39)30(24-7-11-26(33)12-8-24)25-9-13-27(34)14-10-25/h2-16,21-22,30,36H,17-20H2,1H3. The average Bonchev–Trinajstić information content (AvgIpc) is 3.38. The molecule has 1 aliphatic heterocycles. The second-order valence-corrected chi connectivity index (χ2v) is 10.2. The van der Waals surface area contributed by atoms with Gasteiger partial charge in [0.05, 0.1) is 12.2 Å². The minimum Gasteiger partial charge on any atom is -0.358 e. The summed E-state index contributed by atoms with van der Waals surface area (Å²) in [4.78, 5) is 26.7. The normalized spacial score (nSPS) is 14.9. The molecule has 7 nitrogen and oxygen atoms in total. The molecule has 41 heavy (non-hydrogen) atoms. The van der Waals surface area contributed by atoms with Crippen molar-refractivity contribution in [1.29, 1.82) is 0 Å². The van der Waals surface area contributed by atoms with Gasteiger partial charge in [0.15, 0.2) is 5.65 Å². The van der Waals surface area contributed by atoms with Gasteiger partial charge < -0.3 is 10.2 Å². The fourth-order valence-electron chi connectivity index (χ4n) is 5.49. The highest BCUT2D eigenvalue weighted by Crippen LogP contribution is 2.31. The van der Waals surface area contributed by atoms with Crippen LogP contribution in [0.15, 0.2) is 97.5 Å². The van der Waals surface area contributed by atoms with Crippen LogP contribution < -0.4 is 5.32 Å². The first-order valence-electron chi connectivity index (χ1n) is 13.7. The molecule has 0 bridgehead atoms. The van der Waals surface area contributed by atoms with Gasteiger partial charge in [0, 0.05) is 44.1 Å². The largest absolute Gasteiger partial charge is 0.358 e. The van der Waals surface area contributed by atoms with Gasteiger partial charge in [-0.05, 0) is 42.3 Å². The highest BCUT2D eigenvalue weighted by molar-refractivity contribution is 5.86. The third-order valence-electron chi connectivity index (χ3n) is 7.56. The van der Waals surface area contributed by atoms with Crippen molar-refractivity contribution >= 4 is 17.4 Å². The van der Waals surface area contributed by atoms with Gasteiger partial charge in [-0.2, -0.15) is 0 Å². The van der Waals surface area contributed by atoms with Crippen molar-refractivity contribution in [3.63, 3.8) is 0 Å². The molecule has 1 amide bonds. The summed E-state index contributed by atoms with van der Waals surface area (Å²) >= 11 is 0. The number of aromatic nitrogens is 3. The maximum absolute atomic E-state index is 13.7. The number of halogens is 2. The molecule has 6 rings (SSSR count). The van der Waals surface area contributed by atoms with Gasteiger partial charge in [-0.25, -0.2) is 13.8 Å². The minimum absolute atomic E-state index is 0.00668. The van der Waals surface area contributed by atoms with E-state index >= 15 is 0 Å². The topological polar surface area (TPSA) is 65.8 Å². The lowest BCUT2D eigenvalue weighted by molar-refractivity contribution is -0.133. The van der Waals surface area contributed by atoms with E-state index in [0.717, 1.165) is 28.2 Å². The summed E-state index contributed by atoms with van der Waals surface area (Å²) in [5.74, 6) is 0.121. The number of rotatable bonds is 7. The van der Waals surface area contributed by atoms with Gasteiger partial charge in [0.1, 0.15) is 29.2 Å². The molecule has 5 aromatic rings. The first-order chi connectivity index (χ1) is 20.0. The molecular weight excluding hydrogens is 522 g/mol. The van der Waals surface area contributed by atoms with E-state index in [-0.39, 0.29) is 23.6 Å².